The molecule has 0 N–H and O–H groups in total. The highest BCUT2D eigenvalue weighted by Crippen LogP contribution is 2.36. The minimum Gasteiger partial charge on any atom is -0.494 e. The first-order valence-electron chi connectivity index (χ1n) is 13.5. The van der Waals surface area contributed by atoms with E-state index in [0.717, 1.165) is 22.3 Å². The van der Waals surface area contributed by atoms with Crippen molar-refractivity contribution in [2.24, 2.45) is 5.41 Å². The molecule has 0 spiro atoms. The quantitative estimate of drug-likeness (QED) is 0.384. The second-order valence-corrected chi connectivity index (χ2v) is 11.1. The number of hydrogen-bond donors (Lipinski definition) is 0. The topological polar surface area (TPSA) is 83.5 Å². The molecule has 0 aromatic heterocycles. The molecule has 41 heavy (non-hydrogen) atoms. The molecule has 2 heterocycles. The largest absolute Gasteiger partial charge is 0.636 e. The van der Waals surface area contributed by atoms with E-state index in [1.807, 2.05) is 31.2 Å². The van der Waals surface area contributed by atoms with Crippen LogP contribution in [0.5, 0.6) is 11.5 Å². The Hall–Kier alpha value is -3.89. The van der Waals surface area contributed by atoms with Gasteiger partial charge in [0.25, 0.3) is 0 Å². The number of hydrogen-bond acceptors (Lipinski definition) is 8. The molecule has 0 bridgehead atoms. The molecule has 3 aromatic carbocycles. The van der Waals surface area contributed by atoms with Gasteiger partial charge in [-0.15, -0.1) is 0 Å². The van der Waals surface area contributed by atoms with Gasteiger partial charge in [-0.1, -0.05) is 37.3 Å². The molecular formula is C31H33BFNO7. The zero-order valence-corrected chi connectivity index (χ0v) is 23.7. The highest BCUT2D eigenvalue weighted by atomic mass is 19.1. The van der Waals surface area contributed by atoms with Gasteiger partial charge in [-0.3, -0.25) is 14.5 Å². The maximum absolute atomic E-state index is 15.3. The Morgan fingerprint density at radius 2 is 1.66 bits per heavy atom. The fraction of sp³-hybridized carbons (Fsp3) is 0.355. The van der Waals surface area contributed by atoms with Crippen molar-refractivity contribution in [2.45, 2.75) is 27.4 Å². The minimum absolute atomic E-state index is 0.00475. The number of benzene rings is 3. The molecule has 2 fully saturated rings. The van der Waals surface area contributed by atoms with Crippen molar-refractivity contribution in [3.05, 3.63) is 77.1 Å². The first kappa shape index (κ1) is 28.6. The standard InChI is InChI=1S/C31H33BFNO7/c1-20-12-26(39-19-31(3)17-37-18-31)30(33)21(2)29(20)23-7-5-6-22(13-23)16-38-25-10-8-24(9-11-25)32-40-27(35)14-34(4)15-28(36)41-32/h5-13H,14-19H2,1-4H3. The summed E-state index contributed by atoms with van der Waals surface area (Å²) in [5.74, 6) is -0.459. The highest BCUT2D eigenvalue weighted by molar-refractivity contribution is 6.64. The number of likely N-dealkylation sites (N-methyl/N-ethyl adjacent to an activating group) is 1. The molecule has 3 aromatic rings. The van der Waals surface area contributed by atoms with Crippen LogP contribution in [0, 0.1) is 25.1 Å². The summed E-state index contributed by atoms with van der Waals surface area (Å²) in [4.78, 5) is 25.6. The summed E-state index contributed by atoms with van der Waals surface area (Å²) < 4.78 is 43.1. The van der Waals surface area contributed by atoms with E-state index < -0.39 is 19.1 Å². The van der Waals surface area contributed by atoms with Gasteiger partial charge in [-0.25, -0.2) is 4.39 Å². The number of nitrogens with zero attached hydrogens (tertiary/aromatic N) is 1. The number of halogens is 1. The second kappa shape index (κ2) is 11.9. The summed E-state index contributed by atoms with van der Waals surface area (Å²) in [7, 11) is 0.540. The molecule has 2 aliphatic rings. The monoisotopic (exact) mass is 561 g/mol. The lowest BCUT2D eigenvalue weighted by atomic mass is 9.78. The fourth-order valence-corrected chi connectivity index (χ4v) is 4.93. The van der Waals surface area contributed by atoms with Crippen molar-refractivity contribution in [3.8, 4) is 22.6 Å². The first-order chi connectivity index (χ1) is 19.6. The van der Waals surface area contributed by atoms with Gasteiger partial charge in [-0.05, 0) is 73.0 Å². The molecule has 0 amide bonds. The van der Waals surface area contributed by atoms with Crippen LogP contribution in [0.15, 0.2) is 54.6 Å². The van der Waals surface area contributed by atoms with Crippen molar-refractivity contribution in [1.82, 2.24) is 4.90 Å². The Labute approximate surface area is 239 Å². The Balaban J connectivity index is 1.25. The molecule has 5 rings (SSSR count). The van der Waals surface area contributed by atoms with Gasteiger partial charge in [-0.2, -0.15) is 0 Å². The maximum atomic E-state index is 15.3. The normalized spacial score (nSPS) is 17.1. The smallest absolute Gasteiger partial charge is 0.494 e. The highest BCUT2D eigenvalue weighted by Gasteiger charge is 2.35. The summed E-state index contributed by atoms with van der Waals surface area (Å²) in [6, 6.07) is 16.4. The van der Waals surface area contributed by atoms with E-state index in [2.05, 4.69) is 6.92 Å². The minimum atomic E-state index is -1.10. The third-order valence-electron chi connectivity index (χ3n) is 7.19. The summed E-state index contributed by atoms with van der Waals surface area (Å²) in [6.07, 6.45) is 0. The van der Waals surface area contributed by atoms with Crippen LogP contribution in [-0.2, 0) is 30.2 Å². The van der Waals surface area contributed by atoms with Gasteiger partial charge in [0, 0.05) is 10.9 Å². The molecule has 214 valence electrons. The average Bonchev–Trinajstić information content (AvgIpc) is 2.91. The molecule has 0 aliphatic carbocycles. The van der Waals surface area contributed by atoms with Crippen LogP contribution in [0.25, 0.3) is 11.1 Å². The molecule has 2 aliphatic heterocycles. The average molecular weight is 561 g/mol. The lowest BCUT2D eigenvalue weighted by Crippen LogP contribution is -2.47. The number of rotatable bonds is 8. The molecular weight excluding hydrogens is 528 g/mol. The number of aryl methyl sites for hydroxylation is 1. The van der Waals surface area contributed by atoms with Gasteiger partial charge in [0.2, 0.25) is 0 Å². The van der Waals surface area contributed by atoms with E-state index in [9.17, 15) is 9.59 Å². The van der Waals surface area contributed by atoms with Crippen LogP contribution in [0.4, 0.5) is 4.39 Å². The number of ether oxygens (including phenoxy) is 3. The van der Waals surface area contributed by atoms with Crippen molar-refractivity contribution in [3.63, 3.8) is 0 Å². The lowest BCUT2D eigenvalue weighted by molar-refractivity contribution is -0.145. The van der Waals surface area contributed by atoms with E-state index in [1.54, 1.807) is 44.3 Å². The summed E-state index contributed by atoms with van der Waals surface area (Å²) >= 11 is 0. The summed E-state index contributed by atoms with van der Waals surface area (Å²) in [5, 5.41) is 0. The second-order valence-electron chi connectivity index (χ2n) is 11.1. The van der Waals surface area contributed by atoms with Crippen molar-refractivity contribution < 1.29 is 37.5 Å². The van der Waals surface area contributed by atoms with Crippen LogP contribution < -0.4 is 14.9 Å². The van der Waals surface area contributed by atoms with E-state index in [-0.39, 0.29) is 36.7 Å². The van der Waals surface area contributed by atoms with E-state index in [1.165, 1.54) is 4.90 Å². The van der Waals surface area contributed by atoms with Crippen LogP contribution in [0.2, 0.25) is 0 Å². The molecule has 0 radical (unpaired) electrons. The molecule has 0 saturated carbocycles. The van der Waals surface area contributed by atoms with Crippen LogP contribution in [0.3, 0.4) is 0 Å². The van der Waals surface area contributed by atoms with Crippen LogP contribution in [-0.4, -0.2) is 63.9 Å². The Morgan fingerprint density at radius 3 is 2.29 bits per heavy atom. The predicted octanol–water partition coefficient (Wildman–Crippen LogP) is 3.83. The Kier molecular flexibility index (Phi) is 8.33. The first-order valence-corrected chi connectivity index (χ1v) is 13.5. The molecule has 10 heteroatoms. The van der Waals surface area contributed by atoms with E-state index in [4.69, 9.17) is 23.5 Å². The number of carbonyl (C=O) groups is 2. The van der Waals surface area contributed by atoms with Gasteiger partial charge >= 0.3 is 19.1 Å². The van der Waals surface area contributed by atoms with Crippen molar-refractivity contribution in [2.75, 3.05) is 40.0 Å². The van der Waals surface area contributed by atoms with Gasteiger partial charge < -0.3 is 23.5 Å². The SMILES string of the molecule is Cc1cc(OCC2(C)COC2)c(F)c(C)c1-c1cccc(COc2ccc(B3OC(=O)CN(C)CC(=O)O3)cc2)c1. The summed E-state index contributed by atoms with van der Waals surface area (Å²) in [5.41, 5.74) is 4.54. The fourth-order valence-electron chi connectivity index (χ4n) is 4.93. The van der Waals surface area contributed by atoms with Crippen molar-refractivity contribution >= 4 is 24.5 Å². The predicted molar refractivity (Wildman–Crippen MR) is 152 cm³/mol. The van der Waals surface area contributed by atoms with E-state index >= 15 is 4.39 Å². The molecule has 2 saturated heterocycles. The van der Waals surface area contributed by atoms with Crippen LogP contribution >= 0.6 is 0 Å². The summed E-state index contributed by atoms with van der Waals surface area (Å²) in [6.45, 7) is 7.73. The zero-order valence-electron chi connectivity index (χ0n) is 23.7. The lowest BCUT2D eigenvalue weighted by Gasteiger charge is -2.37. The molecule has 0 atom stereocenters. The molecule has 8 nitrogen and oxygen atoms in total. The Morgan fingerprint density at radius 1 is 0.976 bits per heavy atom. The maximum Gasteiger partial charge on any atom is 0.636 e. The Bertz CT molecular complexity index is 1420. The third-order valence-corrected chi connectivity index (χ3v) is 7.19. The van der Waals surface area contributed by atoms with Gasteiger partial charge in [0.15, 0.2) is 11.6 Å². The van der Waals surface area contributed by atoms with Gasteiger partial charge in [0.1, 0.15) is 12.4 Å². The van der Waals surface area contributed by atoms with Crippen molar-refractivity contribution in [1.29, 1.82) is 0 Å². The molecule has 0 unspecified atom stereocenters. The number of carbonyl (C=O) groups excluding carboxylic acids is 2. The van der Waals surface area contributed by atoms with E-state index in [0.29, 0.717) is 36.6 Å². The van der Waals surface area contributed by atoms with Crippen LogP contribution in [0.1, 0.15) is 23.6 Å². The van der Waals surface area contributed by atoms with Gasteiger partial charge in [0.05, 0.1) is 32.9 Å². The third kappa shape index (κ3) is 6.72. The zero-order chi connectivity index (χ0) is 29.1.